The molecule has 0 aromatic rings. The summed E-state index contributed by atoms with van der Waals surface area (Å²) in [5.41, 5.74) is 0. The van der Waals surface area contributed by atoms with Crippen LogP contribution >= 0.6 is 0 Å². The molecule has 1 heterocycles. The first-order valence-electron chi connectivity index (χ1n) is 7.21. The van der Waals surface area contributed by atoms with Crippen LogP contribution in [0.15, 0.2) is 0 Å². The minimum Gasteiger partial charge on any atom is -0.341 e. The van der Waals surface area contributed by atoms with Gasteiger partial charge in [0.05, 0.1) is 6.54 Å². The third-order valence-corrected chi connectivity index (χ3v) is 3.79. The zero-order valence-corrected chi connectivity index (χ0v) is 11.4. The van der Waals surface area contributed by atoms with Crippen LogP contribution in [0.1, 0.15) is 39.0 Å². The molecule has 4 nitrogen and oxygen atoms in total. The number of piperidine rings is 1. The number of Topliss-reactive ketones (excluding diaryl/α,β-unsaturated/α-hetero) is 1. The summed E-state index contributed by atoms with van der Waals surface area (Å²) in [4.78, 5) is 27.5. The van der Waals surface area contributed by atoms with Gasteiger partial charge in [0.1, 0.15) is 5.78 Å². The summed E-state index contributed by atoms with van der Waals surface area (Å²) in [6.07, 6.45) is 4.84. The lowest BCUT2D eigenvalue weighted by Gasteiger charge is -2.29. The Kier molecular flexibility index (Phi) is 4.75. The molecule has 0 atom stereocenters. The number of carbonyl (C=O) groups is 2. The van der Waals surface area contributed by atoms with E-state index in [-0.39, 0.29) is 5.91 Å². The van der Waals surface area contributed by atoms with Crippen molar-refractivity contribution in [2.45, 2.75) is 39.0 Å². The van der Waals surface area contributed by atoms with Gasteiger partial charge in [-0.15, -0.1) is 0 Å². The molecule has 4 heteroatoms. The fourth-order valence-corrected chi connectivity index (χ4v) is 2.51. The summed E-state index contributed by atoms with van der Waals surface area (Å²) >= 11 is 0. The summed E-state index contributed by atoms with van der Waals surface area (Å²) in [5.74, 6) is 1.33. The van der Waals surface area contributed by atoms with E-state index in [1.165, 1.54) is 12.8 Å². The van der Waals surface area contributed by atoms with Gasteiger partial charge in [-0.25, -0.2) is 0 Å². The Morgan fingerprint density at radius 3 is 2.56 bits per heavy atom. The molecule has 0 N–H and O–H groups in total. The normalized spacial score (nSPS) is 20.6. The molecule has 2 rings (SSSR count). The van der Waals surface area contributed by atoms with Crippen molar-refractivity contribution in [3.63, 3.8) is 0 Å². The predicted molar refractivity (Wildman–Crippen MR) is 70.3 cm³/mol. The maximum atomic E-state index is 12.2. The van der Waals surface area contributed by atoms with Crippen LogP contribution in [-0.4, -0.2) is 54.2 Å². The highest BCUT2D eigenvalue weighted by Gasteiger charge is 2.27. The highest BCUT2D eigenvalue weighted by atomic mass is 16.2. The zero-order chi connectivity index (χ0) is 13.0. The van der Waals surface area contributed by atoms with Crippen molar-refractivity contribution in [3.8, 4) is 0 Å². The van der Waals surface area contributed by atoms with E-state index in [4.69, 9.17) is 0 Å². The van der Waals surface area contributed by atoms with E-state index < -0.39 is 0 Å². The number of carbonyl (C=O) groups excluding carboxylic acids is 2. The Morgan fingerprint density at radius 2 is 2.00 bits per heavy atom. The smallest absolute Gasteiger partial charge is 0.236 e. The minimum absolute atomic E-state index is 0.205. The van der Waals surface area contributed by atoms with Crippen LogP contribution in [0.5, 0.6) is 0 Å². The van der Waals surface area contributed by atoms with Gasteiger partial charge in [-0.1, -0.05) is 6.92 Å². The molecule has 1 amide bonds. The first-order chi connectivity index (χ1) is 8.69. The van der Waals surface area contributed by atoms with Crippen molar-refractivity contribution < 1.29 is 9.59 Å². The van der Waals surface area contributed by atoms with E-state index >= 15 is 0 Å². The van der Waals surface area contributed by atoms with Crippen LogP contribution < -0.4 is 0 Å². The number of ketones is 1. The first-order valence-corrected chi connectivity index (χ1v) is 7.21. The SMILES string of the molecule is CCCN(CC(=O)N1CCC(=O)CC1)CC1CC1. The number of nitrogens with zero attached hydrogens (tertiary/aromatic N) is 2. The van der Waals surface area contributed by atoms with Crippen molar-refractivity contribution in [1.82, 2.24) is 9.80 Å². The Balaban J connectivity index is 1.77. The van der Waals surface area contributed by atoms with Crippen LogP contribution in [0.3, 0.4) is 0 Å². The molecule has 1 saturated carbocycles. The van der Waals surface area contributed by atoms with Gasteiger partial charge in [0.25, 0.3) is 0 Å². The molecule has 0 spiro atoms. The fourth-order valence-electron chi connectivity index (χ4n) is 2.51. The quantitative estimate of drug-likeness (QED) is 0.715. The first kappa shape index (κ1) is 13.5. The Bertz CT molecular complexity index is 303. The Hall–Kier alpha value is -0.900. The van der Waals surface area contributed by atoms with Crippen molar-refractivity contribution >= 4 is 11.7 Å². The number of amides is 1. The average molecular weight is 252 g/mol. The molecular formula is C14H24N2O2. The van der Waals surface area contributed by atoms with Crippen LogP contribution in [0.2, 0.25) is 0 Å². The molecule has 18 heavy (non-hydrogen) atoms. The van der Waals surface area contributed by atoms with Crippen LogP contribution in [0.25, 0.3) is 0 Å². The van der Waals surface area contributed by atoms with E-state index in [0.29, 0.717) is 38.3 Å². The number of hydrogen-bond donors (Lipinski definition) is 0. The van der Waals surface area contributed by atoms with Gasteiger partial charge >= 0.3 is 0 Å². The number of rotatable bonds is 6. The molecule has 0 aromatic heterocycles. The Morgan fingerprint density at radius 1 is 1.33 bits per heavy atom. The van der Waals surface area contributed by atoms with E-state index in [0.717, 1.165) is 25.4 Å². The second-order valence-corrected chi connectivity index (χ2v) is 5.60. The Labute approximate surface area is 109 Å². The highest BCUT2D eigenvalue weighted by molar-refractivity contribution is 5.84. The monoisotopic (exact) mass is 252 g/mol. The van der Waals surface area contributed by atoms with Gasteiger partial charge in [0, 0.05) is 32.5 Å². The summed E-state index contributed by atoms with van der Waals surface area (Å²) in [6, 6.07) is 0. The summed E-state index contributed by atoms with van der Waals surface area (Å²) < 4.78 is 0. The molecule has 0 aromatic carbocycles. The van der Waals surface area contributed by atoms with Gasteiger partial charge in [0.2, 0.25) is 5.91 Å². The largest absolute Gasteiger partial charge is 0.341 e. The highest BCUT2D eigenvalue weighted by Crippen LogP contribution is 2.29. The van der Waals surface area contributed by atoms with Crippen molar-refractivity contribution in [2.75, 3.05) is 32.7 Å². The van der Waals surface area contributed by atoms with Gasteiger partial charge in [0.15, 0.2) is 0 Å². The predicted octanol–water partition coefficient (Wildman–Crippen LogP) is 1.30. The third kappa shape index (κ3) is 4.09. The van der Waals surface area contributed by atoms with Gasteiger partial charge in [-0.05, 0) is 31.7 Å². The van der Waals surface area contributed by atoms with Gasteiger partial charge < -0.3 is 4.90 Å². The van der Waals surface area contributed by atoms with E-state index in [1.54, 1.807) is 0 Å². The molecule has 102 valence electrons. The number of likely N-dealkylation sites (tertiary alicyclic amines) is 1. The topological polar surface area (TPSA) is 40.6 Å². The van der Waals surface area contributed by atoms with E-state index in [2.05, 4.69) is 11.8 Å². The molecule has 1 aliphatic heterocycles. The molecule has 0 radical (unpaired) electrons. The molecule has 2 fully saturated rings. The zero-order valence-electron chi connectivity index (χ0n) is 11.4. The van der Waals surface area contributed by atoms with Gasteiger partial charge in [-0.2, -0.15) is 0 Å². The van der Waals surface area contributed by atoms with Crippen LogP contribution in [0, 0.1) is 5.92 Å². The summed E-state index contributed by atoms with van der Waals surface area (Å²) in [7, 11) is 0. The second-order valence-electron chi connectivity index (χ2n) is 5.60. The lowest BCUT2D eigenvalue weighted by molar-refractivity contribution is -0.135. The summed E-state index contributed by atoms with van der Waals surface area (Å²) in [5, 5.41) is 0. The molecule has 2 aliphatic rings. The molecule has 1 aliphatic carbocycles. The lowest BCUT2D eigenvalue weighted by Crippen LogP contribution is -2.45. The lowest BCUT2D eigenvalue weighted by atomic mass is 10.1. The minimum atomic E-state index is 0.205. The average Bonchev–Trinajstić information content (AvgIpc) is 3.14. The van der Waals surface area contributed by atoms with Crippen molar-refractivity contribution in [2.24, 2.45) is 5.92 Å². The molecule has 1 saturated heterocycles. The van der Waals surface area contributed by atoms with E-state index in [9.17, 15) is 9.59 Å². The van der Waals surface area contributed by atoms with Crippen molar-refractivity contribution in [1.29, 1.82) is 0 Å². The van der Waals surface area contributed by atoms with Crippen molar-refractivity contribution in [3.05, 3.63) is 0 Å². The van der Waals surface area contributed by atoms with E-state index in [1.807, 2.05) is 4.90 Å². The van der Waals surface area contributed by atoms with Gasteiger partial charge in [-0.3, -0.25) is 14.5 Å². The summed E-state index contributed by atoms with van der Waals surface area (Å²) in [6.45, 7) is 6.03. The van der Waals surface area contributed by atoms with Crippen LogP contribution in [0.4, 0.5) is 0 Å². The van der Waals surface area contributed by atoms with Crippen LogP contribution in [-0.2, 0) is 9.59 Å². The molecule has 0 unspecified atom stereocenters. The third-order valence-electron chi connectivity index (χ3n) is 3.79. The standard InChI is InChI=1S/C14H24N2O2/c1-2-7-15(10-12-3-4-12)11-14(18)16-8-5-13(17)6-9-16/h12H,2-11H2,1H3. The second kappa shape index (κ2) is 6.32. The maximum Gasteiger partial charge on any atom is 0.236 e. The molecular weight excluding hydrogens is 228 g/mol. The molecule has 0 bridgehead atoms. The number of hydrogen-bond acceptors (Lipinski definition) is 3. The fraction of sp³-hybridized carbons (Fsp3) is 0.857. The maximum absolute atomic E-state index is 12.2.